The molecule has 0 unspecified atom stereocenters. The molecule has 1 heterocycles. The van der Waals surface area contributed by atoms with Crippen LogP contribution in [0, 0.1) is 6.92 Å². The van der Waals surface area contributed by atoms with E-state index in [4.69, 9.17) is 11.6 Å². The van der Waals surface area contributed by atoms with E-state index in [-0.39, 0.29) is 0 Å². The Morgan fingerprint density at radius 1 is 1.19 bits per heavy atom. The number of benzene rings is 2. The van der Waals surface area contributed by atoms with Crippen LogP contribution in [-0.4, -0.2) is 9.55 Å². The quantitative estimate of drug-likeness (QED) is 0.570. The summed E-state index contributed by atoms with van der Waals surface area (Å²) in [6, 6.07) is 12.7. The van der Waals surface area contributed by atoms with Crippen molar-refractivity contribution in [3.63, 3.8) is 0 Å². The summed E-state index contributed by atoms with van der Waals surface area (Å²) in [6.45, 7) is 4.26. The highest BCUT2D eigenvalue weighted by Gasteiger charge is 2.14. The van der Waals surface area contributed by atoms with E-state index in [1.54, 1.807) is 0 Å². The number of fused-ring (bicyclic) bond motifs is 1. The van der Waals surface area contributed by atoms with Crippen LogP contribution in [0.2, 0.25) is 0 Å². The lowest BCUT2D eigenvalue weighted by molar-refractivity contribution is 0.954. The molecule has 0 N–H and O–H groups in total. The molecule has 0 aliphatic heterocycles. The Labute approximate surface area is 137 Å². The van der Waals surface area contributed by atoms with Crippen molar-refractivity contribution in [3.05, 3.63) is 57.8 Å². The van der Waals surface area contributed by atoms with Gasteiger partial charge in [-0.1, -0.05) is 28.9 Å². The van der Waals surface area contributed by atoms with Gasteiger partial charge >= 0.3 is 0 Å². The smallest absolute Gasteiger partial charge is 0.129 e. The number of hydrogen-bond donors (Lipinski definition) is 0. The van der Waals surface area contributed by atoms with E-state index in [9.17, 15) is 0 Å². The van der Waals surface area contributed by atoms with Crippen molar-refractivity contribution >= 4 is 38.6 Å². The van der Waals surface area contributed by atoms with Crippen LogP contribution in [-0.2, 0) is 12.3 Å². The van der Waals surface area contributed by atoms with Gasteiger partial charge in [0.25, 0.3) is 0 Å². The second kappa shape index (κ2) is 5.82. The van der Waals surface area contributed by atoms with Gasteiger partial charge in [0.1, 0.15) is 5.82 Å². The van der Waals surface area contributed by atoms with E-state index < -0.39 is 0 Å². The molecule has 2 nitrogen and oxygen atoms in total. The molecule has 0 radical (unpaired) electrons. The molecule has 0 spiro atoms. The van der Waals surface area contributed by atoms with Gasteiger partial charge in [0.05, 0.1) is 22.6 Å². The summed E-state index contributed by atoms with van der Waals surface area (Å²) in [7, 11) is 0. The van der Waals surface area contributed by atoms with Gasteiger partial charge in [0.2, 0.25) is 0 Å². The first-order chi connectivity index (χ1) is 10.1. The van der Waals surface area contributed by atoms with E-state index in [0.29, 0.717) is 5.88 Å². The zero-order valence-corrected chi connectivity index (χ0v) is 14.4. The summed E-state index contributed by atoms with van der Waals surface area (Å²) in [5.41, 5.74) is 5.75. The van der Waals surface area contributed by atoms with Crippen molar-refractivity contribution in [1.29, 1.82) is 0 Å². The first-order valence-corrected chi connectivity index (χ1v) is 8.29. The van der Waals surface area contributed by atoms with Crippen LogP contribution in [0.4, 0.5) is 0 Å². The molecule has 0 saturated heterocycles. The fraction of sp³-hybridized carbons (Fsp3) is 0.235. The maximum Gasteiger partial charge on any atom is 0.129 e. The zero-order valence-electron chi connectivity index (χ0n) is 12.0. The maximum absolute atomic E-state index is 6.13. The van der Waals surface area contributed by atoms with Gasteiger partial charge in [-0.3, -0.25) is 4.57 Å². The van der Waals surface area contributed by atoms with Gasteiger partial charge in [-0.25, -0.2) is 4.98 Å². The molecule has 4 heteroatoms. The number of aromatic nitrogens is 2. The Hall–Kier alpha value is -1.32. The average molecular weight is 364 g/mol. The highest BCUT2D eigenvalue weighted by atomic mass is 79.9. The lowest BCUT2D eigenvalue weighted by Gasteiger charge is -2.13. The van der Waals surface area contributed by atoms with Crippen molar-refractivity contribution in [1.82, 2.24) is 9.55 Å². The summed E-state index contributed by atoms with van der Waals surface area (Å²) in [5, 5.41) is 0. The summed E-state index contributed by atoms with van der Waals surface area (Å²) >= 11 is 9.67. The van der Waals surface area contributed by atoms with Crippen LogP contribution in [0.1, 0.15) is 23.9 Å². The Morgan fingerprint density at radius 3 is 2.71 bits per heavy atom. The predicted octanol–water partition coefficient (Wildman–Crippen LogP) is 5.40. The van der Waals surface area contributed by atoms with Crippen LogP contribution >= 0.6 is 27.5 Å². The SMILES string of the molecule is CCc1cc(Br)ccc1-n1c(CCl)nc2ccc(C)cc21. The number of nitrogens with zero attached hydrogens (tertiary/aromatic N) is 2. The molecule has 2 aromatic carbocycles. The summed E-state index contributed by atoms with van der Waals surface area (Å²) in [5.74, 6) is 1.28. The van der Waals surface area contributed by atoms with E-state index in [0.717, 1.165) is 33.4 Å². The molecule has 0 amide bonds. The number of alkyl halides is 1. The Kier molecular flexibility index (Phi) is 4.05. The van der Waals surface area contributed by atoms with Gasteiger partial charge in [0, 0.05) is 4.47 Å². The molecular formula is C17H16BrClN2. The second-order valence-electron chi connectivity index (χ2n) is 5.12. The number of halogens is 2. The molecule has 0 aliphatic carbocycles. The van der Waals surface area contributed by atoms with Crippen molar-refractivity contribution in [3.8, 4) is 5.69 Å². The number of hydrogen-bond acceptors (Lipinski definition) is 1. The number of aryl methyl sites for hydroxylation is 2. The molecule has 3 rings (SSSR count). The van der Waals surface area contributed by atoms with E-state index in [1.807, 2.05) is 0 Å². The van der Waals surface area contributed by atoms with Crippen molar-refractivity contribution in [2.75, 3.05) is 0 Å². The third-order valence-corrected chi connectivity index (χ3v) is 4.39. The fourth-order valence-corrected chi connectivity index (χ4v) is 3.24. The monoisotopic (exact) mass is 362 g/mol. The highest BCUT2D eigenvalue weighted by Crippen LogP contribution is 2.28. The fourth-order valence-electron chi connectivity index (χ4n) is 2.65. The van der Waals surface area contributed by atoms with E-state index >= 15 is 0 Å². The van der Waals surface area contributed by atoms with Crippen LogP contribution in [0.25, 0.3) is 16.7 Å². The second-order valence-corrected chi connectivity index (χ2v) is 6.30. The van der Waals surface area contributed by atoms with E-state index in [2.05, 4.69) is 75.7 Å². The van der Waals surface area contributed by atoms with Crippen molar-refractivity contribution < 1.29 is 0 Å². The topological polar surface area (TPSA) is 17.8 Å². The highest BCUT2D eigenvalue weighted by molar-refractivity contribution is 9.10. The largest absolute Gasteiger partial charge is 0.295 e. The molecular weight excluding hydrogens is 348 g/mol. The predicted molar refractivity (Wildman–Crippen MR) is 92.4 cm³/mol. The Balaban J connectivity index is 2.35. The van der Waals surface area contributed by atoms with E-state index in [1.165, 1.54) is 11.1 Å². The normalized spacial score (nSPS) is 11.2. The summed E-state index contributed by atoms with van der Waals surface area (Å²) in [6.07, 6.45) is 0.960. The van der Waals surface area contributed by atoms with Crippen LogP contribution in [0.5, 0.6) is 0 Å². The van der Waals surface area contributed by atoms with Crippen LogP contribution in [0.3, 0.4) is 0 Å². The molecule has 21 heavy (non-hydrogen) atoms. The van der Waals surface area contributed by atoms with Gasteiger partial charge in [0.15, 0.2) is 0 Å². The lowest BCUT2D eigenvalue weighted by Crippen LogP contribution is -2.03. The standard InChI is InChI=1S/C17H16BrClN2/c1-3-12-9-13(18)5-7-15(12)21-16-8-11(2)4-6-14(16)20-17(21)10-19/h4-9H,3,10H2,1-2H3. The third kappa shape index (κ3) is 2.60. The number of rotatable bonds is 3. The Morgan fingerprint density at radius 2 is 2.00 bits per heavy atom. The molecule has 3 aromatic rings. The molecule has 0 fully saturated rings. The lowest BCUT2D eigenvalue weighted by atomic mass is 10.1. The molecule has 0 aliphatic rings. The first-order valence-electron chi connectivity index (χ1n) is 6.96. The maximum atomic E-state index is 6.13. The number of imidazole rings is 1. The van der Waals surface area contributed by atoms with Crippen molar-refractivity contribution in [2.24, 2.45) is 0 Å². The van der Waals surface area contributed by atoms with Gasteiger partial charge in [-0.15, -0.1) is 11.6 Å². The molecule has 1 aromatic heterocycles. The zero-order chi connectivity index (χ0) is 15.0. The first kappa shape index (κ1) is 14.6. The van der Waals surface area contributed by atoms with Gasteiger partial charge < -0.3 is 0 Å². The summed E-state index contributed by atoms with van der Waals surface area (Å²) < 4.78 is 3.27. The molecule has 0 atom stereocenters. The summed E-state index contributed by atoms with van der Waals surface area (Å²) in [4.78, 5) is 4.67. The van der Waals surface area contributed by atoms with Crippen LogP contribution < -0.4 is 0 Å². The van der Waals surface area contributed by atoms with Crippen LogP contribution in [0.15, 0.2) is 40.9 Å². The Bertz CT molecular complexity index is 808. The minimum absolute atomic E-state index is 0.396. The van der Waals surface area contributed by atoms with Gasteiger partial charge in [-0.2, -0.15) is 0 Å². The van der Waals surface area contributed by atoms with Gasteiger partial charge in [-0.05, 0) is 54.8 Å². The minimum atomic E-state index is 0.396. The third-order valence-electron chi connectivity index (χ3n) is 3.66. The van der Waals surface area contributed by atoms with Crippen molar-refractivity contribution in [2.45, 2.75) is 26.1 Å². The average Bonchev–Trinajstić information content (AvgIpc) is 2.84. The molecule has 0 saturated carbocycles. The molecule has 108 valence electrons. The molecule has 0 bridgehead atoms. The minimum Gasteiger partial charge on any atom is -0.295 e.